The van der Waals surface area contributed by atoms with Crippen molar-refractivity contribution in [2.75, 3.05) is 26.2 Å². The van der Waals surface area contributed by atoms with Crippen LogP contribution >= 0.6 is 0 Å². The van der Waals surface area contributed by atoms with Crippen molar-refractivity contribution in [1.82, 2.24) is 15.5 Å². The number of ether oxygens (including phenoxy) is 1. The molecule has 186 valence electrons. The quantitative estimate of drug-likeness (QED) is 0.509. The van der Waals surface area contributed by atoms with Crippen molar-refractivity contribution in [2.24, 2.45) is 0 Å². The second-order valence-electron chi connectivity index (χ2n) is 9.42. The first-order valence-corrected chi connectivity index (χ1v) is 12.3. The zero-order valence-electron chi connectivity index (χ0n) is 20.0. The van der Waals surface area contributed by atoms with E-state index in [1.54, 1.807) is 0 Å². The number of alkyl carbamates (subject to hydrolysis) is 1. The Kier molecular flexibility index (Phi) is 8.02. The number of amides is 2. The fourth-order valence-electron chi connectivity index (χ4n) is 4.98. The summed E-state index contributed by atoms with van der Waals surface area (Å²) in [6.07, 6.45) is 1.52. The Morgan fingerprint density at radius 2 is 1.63 bits per heavy atom. The van der Waals surface area contributed by atoms with Crippen molar-refractivity contribution in [1.29, 1.82) is 0 Å². The molecule has 1 heterocycles. The Labute approximate surface area is 205 Å². The number of nitrogens with zero attached hydrogens (tertiary/aromatic N) is 1. The second kappa shape index (κ2) is 11.4. The van der Waals surface area contributed by atoms with Crippen LogP contribution in [0.5, 0.6) is 0 Å². The summed E-state index contributed by atoms with van der Waals surface area (Å²) in [5, 5.41) is 14.6. The van der Waals surface area contributed by atoms with Crippen LogP contribution in [0, 0.1) is 0 Å². The van der Waals surface area contributed by atoms with Gasteiger partial charge in [-0.1, -0.05) is 48.5 Å². The molecule has 1 saturated heterocycles. The Balaban J connectivity index is 1.19. The highest BCUT2D eigenvalue weighted by Crippen LogP contribution is 2.44. The van der Waals surface area contributed by atoms with Gasteiger partial charge in [0.05, 0.1) is 6.54 Å². The normalized spacial score (nSPS) is 16.7. The van der Waals surface area contributed by atoms with Gasteiger partial charge >= 0.3 is 12.1 Å². The van der Waals surface area contributed by atoms with Crippen molar-refractivity contribution >= 4 is 18.0 Å². The number of carboxylic acids is 1. The van der Waals surface area contributed by atoms with E-state index in [0.29, 0.717) is 26.1 Å². The molecule has 0 radical (unpaired) electrons. The van der Waals surface area contributed by atoms with E-state index in [1.165, 1.54) is 22.3 Å². The van der Waals surface area contributed by atoms with Crippen LogP contribution in [0.15, 0.2) is 48.5 Å². The van der Waals surface area contributed by atoms with E-state index in [9.17, 15) is 14.4 Å². The summed E-state index contributed by atoms with van der Waals surface area (Å²) in [4.78, 5) is 37.5. The van der Waals surface area contributed by atoms with Crippen molar-refractivity contribution in [3.05, 3.63) is 59.7 Å². The summed E-state index contributed by atoms with van der Waals surface area (Å²) >= 11 is 0. The molecule has 0 saturated carbocycles. The smallest absolute Gasteiger partial charge is 0.407 e. The van der Waals surface area contributed by atoms with Crippen LogP contribution in [0.1, 0.15) is 49.7 Å². The second-order valence-corrected chi connectivity index (χ2v) is 9.42. The molecule has 8 nitrogen and oxygen atoms in total. The van der Waals surface area contributed by atoms with Crippen molar-refractivity contribution < 1.29 is 24.2 Å². The molecule has 1 atom stereocenters. The number of benzene rings is 2. The highest BCUT2D eigenvalue weighted by Gasteiger charge is 2.29. The SMILES string of the molecule is CC(CCC(=O)O)NC(=O)CN1CCC(NC(=O)OCC2c3ccccc3-c3ccccc32)CC1. The number of carbonyl (C=O) groups is 3. The lowest BCUT2D eigenvalue weighted by Crippen LogP contribution is -2.48. The number of hydrogen-bond acceptors (Lipinski definition) is 5. The van der Waals surface area contributed by atoms with E-state index in [-0.39, 0.29) is 36.9 Å². The number of carboxylic acid groups (broad SMARTS) is 1. The Hall–Kier alpha value is -3.39. The standard InChI is InChI=1S/C27H33N3O5/c1-18(10-11-26(32)33)28-25(31)16-30-14-12-19(13-15-30)29-27(34)35-17-24-22-8-4-2-6-20(22)21-7-3-5-9-23(21)24/h2-9,18-19,24H,10-17H2,1H3,(H,28,31)(H,29,34)(H,32,33). The van der Waals surface area contributed by atoms with Gasteiger partial charge in [-0.05, 0) is 48.4 Å². The van der Waals surface area contributed by atoms with Crippen molar-refractivity contribution in [2.45, 2.75) is 50.6 Å². The van der Waals surface area contributed by atoms with E-state index in [4.69, 9.17) is 9.84 Å². The van der Waals surface area contributed by atoms with E-state index in [2.05, 4.69) is 39.8 Å². The van der Waals surface area contributed by atoms with Crippen LogP contribution in [-0.4, -0.2) is 66.3 Å². The number of hydrogen-bond donors (Lipinski definition) is 3. The topological polar surface area (TPSA) is 108 Å². The maximum atomic E-state index is 12.5. The van der Waals surface area contributed by atoms with E-state index in [0.717, 1.165) is 12.8 Å². The predicted molar refractivity (Wildman–Crippen MR) is 132 cm³/mol. The first-order chi connectivity index (χ1) is 16.9. The number of nitrogens with one attached hydrogen (secondary N) is 2. The number of carbonyl (C=O) groups excluding carboxylic acids is 2. The molecule has 0 spiro atoms. The fourth-order valence-corrected chi connectivity index (χ4v) is 4.98. The van der Waals surface area contributed by atoms with Gasteiger partial charge in [0.1, 0.15) is 6.61 Å². The average molecular weight is 480 g/mol. The Morgan fingerprint density at radius 1 is 1.03 bits per heavy atom. The van der Waals surface area contributed by atoms with Gasteiger partial charge < -0.3 is 20.5 Å². The largest absolute Gasteiger partial charge is 0.481 e. The number of likely N-dealkylation sites (tertiary alicyclic amines) is 1. The molecule has 8 heteroatoms. The molecule has 1 fully saturated rings. The van der Waals surface area contributed by atoms with Gasteiger partial charge in [-0.3, -0.25) is 14.5 Å². The lowest BCUT2D eigenvalue weighted by atomic mass is 9.98. The zero-order valence-corrected chi connectivity index (χ0v) is 20.0. The van der Waals surface area contributed by atoms with Gasteiger partial charge in [-0.15, -0.1) is 0 Å². The van der Waals surface area contributed by atoms with Crippen molar-refractivity contribution in [3.63, 3.8) is 0 Å². The van der Waals surface area contributed by atoms with E-state index < -0.39 is 12.1 Å². The molecule has 2 amide bonds. The van der Waals surface area contributed by atoms with Crippen molar-refractivity contribution in [3.8, 4) is 11.1 Å². The highest BCUT2D eigenvalue weighted by molar-refractivity contribution is 5.79. The summed E-state index contributed by atoms with van der Waals surface area (Å²) in [5.41, 5.74) is 4.77. The number of rotatable bonds is 9. The van der Waals surface area contributed by atoms with E-state index in [1.807, 2.05) is 31.2 Å². The summed E-state index contributed by atoms with van der Waals surface area (Å²) in [5.74, 6) is -0.936. The summed E-state index contributed by atoms with van der Waals surface area (Å²) in [6.45, 7) is 3.77. The number of piperidine rings is 1. The number of fused-ring (bicyclic) bond motifs is 3. The highest BCUT2D eigenvalue weighted by atomic mass is 16.5. The molecule has 0 aromatic heterocycles. The van der Waals surface area contributed by atoms with Gasteiger partial charge in [-0.25, -0.2) is 4.79 Å². The molecular formula is C27H33N3O5. The maximum absolute atomic E-state index is 12.5. The summed E-state index contributed by atoms with van der Waals surface area (Å²) < 4.78 is 5.65. The summed E-state index contributed by atoms with van der Waals surface area (Å²) in [6, 6.07) is 16.3. The van der Waals surface area contributed by atoms with Gasteiger partial charge in [-0.2, -0.15) is 0 Å². The zero-order chi connectivity index (χ0) is 24.8. The molecule has 1 unspecified atom stereocenters. The van der Waals surface area contributed by atoms with Crippen LogP contribution in [0.25, 0.3) is 11.1 Å². The van der Waals surface area contributed by atoms with Crippen LogP contribution < -0.4 is 10.6 Å². The first-order valence-electron chi connectivity index (χ1n) is 12.3. The van der Waals surface area contributed by atoms with Crippen LogP contribution in [0.3, 0.4) is 0 Å². The summed E-state index contributed by atoms with van der Waals surface area (Å²) in [7, 11) is 0. The molecule has 2 aromatic carbocycles. The molecular weight excluding hydrogens is 446 g/mol. The molecule has 2 aromatic rings. The van der Waals surface area contributed by atoms with Crippen LogP contribution in [0.4, 0.5) is 4.79 Å². The molecule has 1 aliphatic heterocycles. The van der Waals surface area contributed by atoms with Crippen LogP contribution in [-0.2, 0) is 14.3 Å². The van der Waals surface area contributed by atoms with E-state index >= 15 is 0 Å². The van der Waals surface area contributed by atoms with Crippen LogP contribution in [0.2, 0.25) is 0 Å². The molecule has 2 aliphatic rings. The fraction of sp³-hybridized carbons (Fsp3) is 0.444. The van der Waals surface area contributed by atoms with Gasteiger partial charge in [0.25, 0.3) is 0 Å². The monoisotopic (exact) mass is 479 g/mol. The first kappa shape index (κ1) is 24.7. The minimum atomic E-state index is -0.864. The number of aliphatic carboxylic acids is 1. The molecule has 3 N–H and O–H groups in total. The van der Waals surface area contributed by atoms with Gasteiger partial charge in [0, 0.05) is 37.5 Å². The predicted octanol–water partition coefficient (Wildman–Crippen LogP) is 3.36. The third kappa shape index (κ3) is 6.39. The van der Waals surface area contributed by atoms with Gasteiger partial charge in [0.15, 0.2) is 0 Å². The van der Waals surface area contributed by atoms with Gasteiger partial charge in [0.2, 0.25) is 5.91 Å². The third-order valence-electron chi connectivity index (χ3n) is 6.82. The maximum Gasteiger partial charge on any atom is 0.407 e. The Morgan fingerprint density at radius 3 is 2.23 bits per heavy atom. The third-order valence-corrected chi connectivity index (χ3v) is 6.82. The lowest BCUT2D eigenvalue weighted by Gasteiger charge is -2.32. The minimum Gasteiger partial charge on any atom is -0.481 e. The molecule has 1 aliphatic carbocycles. The molecule has 4 rings (SSSR count). The Bertz CT molecular complexity index is 1020. The lowest BCUT2D eigenvalue weighted by molar-refractivity contribution is -0.137. The molecule has 35 heavy (non-hydrogen) atoms. The average Bonchev–Trinajstić information content (AvgIpc) is 3.16. The molecule has 0 bridgehead atoms. The minimum absolute atomic E-state index is 0.0134.